The lowest BCUT2D eigenvalue weighted by Crippen LogP contribution is -2.15. The van der Waals surface area contributed by atoms with Gasteiger partial charge in [-0.3, -0.25) is 4.98 Å². The fraction of sp³-hybridized carbons (Fsp3) is 0.333. The van der Waals surface area contributed by atoms with Gasteiger partial charge in [-0.2, -0.15) is 13.2 Å². The summed E-state index contributed by atoms with van der Waals surface area (Å²) in [6, 6.07) is 3.49. The minimum absolute atomic E-state index is 0.261. The number of nitrogens with one attached hydrogen (secondary N) is 1. The van der Waals surface area contributed by atoms with Gasteiger partial charge in [0.25, 0.3) is 0 Å². The molecule has 0 amide bonds. The standard InChI is InChI=1S/C18H19F3N4O2/c1-9-16(10(2)27-25-9)12-6-14-11(7-15(12)26-3)17(13(22)8-24-14)23-5-4-18(19,20)21/h6-8H,4-5,22H2,1-3H3,(H,23,24). The number of aryl methyl sites for hydroxylation is 2. The molecule has 0 radical (unpaired) electrons. The summed E-state index contributed by atoms with van der Waals surface area (Å²) >= 11 is 0. The molecule has 144 valence electrons. The van der Waals surface area contributed by atoms with Gasteiger partial charge in [-0.25, -0.2) is 0 Å². The van der Waals surface area contributed by atoms with Gasteiger partial charge >= 0.3 is 6.18 Å². The molecule has 1 aromatic carbocycles. The van der Waals surface area contributed by atoms with Gasteiger partial charge < -0.3 is 20.3 Å². The average Bonchev–Trinajstić information content (AvgIpc) is 2.93. The summed E-state index contributed by atoms with van der Waals surface area (Å²) in [5, 5.41) is 7.30. The van der Waals surface area contributed by atoms with Crippen LogP contribution >= 0.6 is 0 Å². The maximum atomic E-state index is 12.5. The predicted molar refractivity (Wildman–Crippen MR) is 96.8 cm³/mol. The number of methoxy groups -OCH3 is 1. The number of nitrogens with zero attached hydrogens (tertiary/aromatic N) is 2. The van der Waals surface area contributed by atoms with Gasteiger partial charge in [0.15, 0.2) is 0 Å². The molecule has 0 unspecified atom stereocenters. The molecular weight excluding hydrogens is 361 g/mol. The van der Waals surface area contributed by atoms with Crippen LogP contribution in [0.3, 0.4) is 0 Å². The fourth-order valence-electron chi connectivity index (χ4n) is 2.99. The van der Waals surface area contributed by atoms with Crippen molar-refractivity contribution < 1.29 is 22.4 Å². The van der Waals surface area contributed by atoms with Crippen LogP contribution in [0.4, 0.5) is 24.5 Å². The van der Waals surface area contributed by atoms with Crippen molar-refractivity contribution >= 4 is 22.3 Å². The predicted octanol–water partition coefficient (Wildman–Crippen LogP) is 4.46. The van der Waals surface area contributed by atoms with E-state index < -0.39 is 12.6 Å². The van der Waals surface area contributed by atoms with E-state index in [0.29, 0.717) is 33.8 Å². The number of benzene rings is 1. The zero-order valence-corrected chi connectivity index (χ0v) is 15.1. The van der Waals surface area contributed by atoms with E-state index in [0.717, 1.165) is 11.1 Å². The number of halogens is 3. The highest BCUT2D eigenvalue weighted by molar-refractivity contribution is 6.00. The monoisotopic (exact) mass is 380 g/mol. The second-order valence-electron chi connectivity index (χ2n) is 6.15. The number of nitrogen functional groups attached to an aromatic ring is 1. The molecule has 3 aromatic rings. The molecule has 3 N–H and O–H groups in total. The number of aromatic nitrogens is 2. The number of hydrogen-bond acceptors (Lipinski definition) is 6. The van der Waals surface area contributed by atoms with Crippen LogP contribution in [-0.4, -0.2) is 30.0 Å². The lowest BCUT2D eigenvalue weighted by molar-refractivity contribution is -0.131. The number of pyridine rings is 1. The summed E-state index contributed by atoms with van der Waals surface area (Å²) in [4.78, 5) is 4.31. The van der Waals surface area contributed by atoms with E-state index >= 15 is 0 Å². The van der Waals surface area contributed by atoms with Gasteiger partial charge in [0.2, 0.25) is 0 Å². The van der Waals surface area contributed by atoms with Gasteiger partial charge in [-0.1, -0.05) is 5.16 Å². The Hall–Kier alpha value is -2.97. The lowest BCUT2D eigenvalue weighted by atomic mass is 10.00. The van der Waals surface area contributed by atoms with Gasteiger partial charge in [0.05, 0.1) is 47.9 Å². The number of alkyl halides is 3. The molecule has 0 saturated carbocycles. The fourth-order valence-corrected chi connectivity index (χ4v) is 2.99. The minimum atomic E-state index is -4.25. The van der Waals surface area contributed by atoms with Crippen molar-refractivity contribution in [3.63, 3.8) is 0 Å². The van der Waals surface area contributed by atoms with E-state index in [4.69, 9.17) is 15.0 Å². The third-order valence-corrected chi connectivity index (χ3v) is 4.23. The first-order chi connectivity index (χ1) is 12.7. The third kappa shape index (κ3) is 3.76. The molecule has 9 heteroatoms. The van der Waals surface area contributed by atoms with Crippen LogP contribution in [0.2, 0.25) is 0 Å². The molecule has 2 heterocycles. The van der Waals surface area contributed by atoms with Crippen LogP contribution in [0, 0.1) is 13.8 Å². The molecule has 3 rings (SSSR count). The highest BCUT2D eigenvalue weighted by Gasteiger charge is 2.26. The van der Waals surface area contributed by atoms with Crippen LogP contribution < -0.4 is 15.8 Å². The number of ether oxygens (including phenoxy) is 1. The Morgan fingerprint density at radius 3 is 2.59 bits per heavy atom. The first-order valence-corrected chi connectivity index (χ1v) is 8.21. The molecule has 0 aliphatic carbocycles. The van der Waals surface area contributed by atoms with Crippen molar-refractivity contribution in [1.29, 1.82) is 0 Å². The lowest BCUT2D eigenvalue weighted by Gasteiger charge is -2.16. The Bertz CT molecular complexity index is 963. The number of fused-ring (bicyclic) bond motifs is 1. The molecule has 0 bridgehead atoms. The molecule has 0 fully saturated rings. The Morgan fingerprint density at radius 2 is 2.00 bits per heavy atom. The molecule has 0 spiro atoms. The molecule has 27 heavy (non-hydrogen) atoms. The maximum absolute atomic E-state index is 12.5. The van der Waals surface area contributed by atoms with Crippen LogP contribution in [0.25, 0.3) is 22.0 Å². The Kier molecular flexibility index (Phi) is 4.86. The molecule has 0 atom stereocenters. The van der Waals surface area contributed by atoms with Crippen molar-refractivity contribution in [3.8, 4) is 16.9 Å². The van der Waals surface area contributed by atoms with Crippen LogP contribution in [0.1, 0.15) is 17.9 Å². The summed E-state index contributed by atoms with van der Waals surface area (Å²) in [7, 11) is 1.51. The SMILES string of the molecule is COc1cc2c(NCCC(F)(F)F)c(N)cnc2cc1-c1c(C)noc1C. The molecule has 0 saturated heterocycles. The van der Waals surface area contributed by atoms with Gasteiger partial charge in [0, 0.05) is 17.5 Å². The van der Waals surface area contributed by atoms with Crippen LogP contribution in [0.5, 0.6) is 5.75 Å². The second-order valence-corrected chi connectivity index (χ2v) is 6.15. The molecule has 2 aromatic heterocycles. The second kappa shape index (κ2) is 6.98. The maximum Gasteiger partial charge on any atom is 0.390 e. The van der Waals surface area contributed by atoms with E-state index in [1.54, 1.807) is 19.1 Å². The number of hydrogen-bond donors (Lipinski definition) is 2. The van der Waals surface area contributed by atoms with E-state index in [1.807, 2.05) is 6.92 Å². The van der Waals surface area contributed by atoms with E-state index in [2.05, 4.69) is 15.5 Å². The van der Waals surface area contributed by atoms with E-state index in [-0.39, 0.29) is 12.2 Å². The Labute approximate surface area is 153 Å². The summed E-state index contributed by atoms with van der Waals surface area (Å²) < 4.78 is 48.1. The van der Waals surface area contributed by atoms with Crippen LogP contribution in [-0.2, 0) is 0 Å². The minimum Gasteiger partial charge on any atom is -0.496 e. The van der Waals surface area contributed by atoms with Gasteiger partial charge in [-0.15, -0.1) is 0 Å². The topological polar surface area (TPSA) is 86.2 Å². The quantitative estimate of drug-likeness (QED) is 0.680. The Balaban J connectivity index is 2.10. The number of anilines is 2. The zero-order chi connectivity index (χ0) is 19.8. The van der Waals surface area contributed by atoms with Crippen molar-refractivity contribution in [2.75, 3.05) is 24.7 Å². The smallest absolute Gasteiger partial charge is 0.390 e. The summed E-state index contributed by atoms with van der Waals surface area (Å²) in [5.41, 5.74) is 9.38. The highest BCUT2D eigenvalue weighted by Crippen LogP contribution is 2.40. The number of nitrogens with two attached hydrogens (primary N) is 1. The normalized spacial score (nSPS) is 11.8. The largest absolute Gasteiger partial charge is 0.496 e. The van der Waals surface area contributed by atoms with Gasteiger partial charge in [-0.05, 0) is 26.0 Å². The van der Waals surface area contributed by atoms with E-state index in [1.165, 1.54) is 13.3 Å². The highest BCUT2D eigenvalue weighted by atomic mass is 19.4. The van der Waals surface area contributed by atoms with Crippen LogP contribution in [0.15, 0.2) is 22.9 Å². The van der Waals surface area contributed by atoms with Crippen molar-refractivity contribution in [2.45, 2.75) is 26.4 Å². The zero-order valence-electron chi connectivity index (χ0n) is 15.1. The first-order valence-electron chi connectivity index (χ1n) is 8.21. The van der Waals surface area contributed by atoms with E-state index in [9.17, 15) is 13.2 Å². The molecule has 0 aliphatic rings. The van der Waals surface area contributed by atoms with Gasteiger partial charge in [0.1, 0.15) is 11.5 Å². The third-order valence-electron chi connectivity index (χ3n) is 4.23. The summed E-state index contributed by atoms with van der Waals surface area (Å²) in [6.07, 6.45) is -3.80. The first kappa shape index (κ1) is 18.8. The molecule has 6 nitrogen and oxygen atoms in total. The Morgan fingerprint density at radius 1 is 1.26 bits per heavy atom. The van der Waals surface area contributed by atoms with Crippen molar-refractivity contribution in [2.24, 2.45) is 0 Å². The average molecular weight is 380 g/mol. The van der Waals surface area contributed by atoms with Crippen molar-refractivity contribution in [1.82, 2.24) is 10.1 Å². The van der Waals surface area contributed by atoms with Crippen molar-refractivity contribution in [3.05, 3.63) is 29.8 Å². The summed E-state index contributed by atoms with van der Waals surface area (Å²) in [5.74, 6) is 1.15. The molecule has 0 aliphatic heterocycles. The molecular formula is C18H19F3N4O2. The summed E-state index contributed by atoms with van der Waals surface area (Å²) in [6.45, 7) is 3.32. The number of rotatable bonds is 5.